The third-order valence-electron chi connectivity index (χ3n) is 8.08. The normalized spacial score (nSPS) is 11.1. The molecule has 12 heteroatoms. The van der Waals surface area contributed by atoms with Crippen molar-refractivity contribution in [3.8, 4) is 23.0 Å². The zero-order chi connectivity index (χ0) is 35.5. The summed E-state index contributed by atoms with van der Waals surface area (Å²) in [7, 11) is 3.12. The fourth-order valence-corrected chi connectivity index (χ4v) is 5.58. The minimum Gasteiger partial charge on any atom is -0.497 e. The van der Waals surface area contributed by atoms with E-state index >= 15 is 0 Å². The van der Waals surface area contributed by atoms with Gasteiger partial charge in [0, 0.05) is 18.6 Å². The molecule has 0 heterocycles. The molecule has 5 rings (SSSR count). The van der Waals surface area contributed by atoms with Crippen LogP contribution in [0.15, 0.2) is 115 Å². The molecule has 0 spiro atoms. The van der Waals surface area contributed by atoms with Crippen molar-refractivity contribution in [1.82, 2.24) is 0 Å². The third kappa shape index (κ3) is 8.00. The van der Waals surface area contributed by atoms with Gasteiger partial charge >= 0.3 is 0 Å². The van der Waals surface area contributed by atoms with Gasteiger partial charge in [-0.3, -0.25) is 20.2 Å². The van der Waals surface area contributed by atoms with E-state index in [0.717, 1.165) is 5.56 Å². The molecule has 12 nitrogen and oxygen atoms in total. The number of rotatable bonds is 17. The Labute approximate surface area is 288 Å². The van der Waals surface area contributed by atoms with E-state index in [2.05, 4.69) is 0 Å². The summed E-state index contributed by atoms with van der Waals surface area (Å²) in [4.78, 5) is 22.8. The minimum absolute atomic E-state index is 0.124. The SMILES string of the molecule is COc1ccc(C(OCc2ccccc2)(c2ccc(OC)cc2)c2cc(OCCCOc3ccc([N+](=O)[O-])c(CO)c3)ccc2[N+](=O)[O-])cc1. The quantitative estimate of drug-likeness (QED) is 0.0456. The highest BCUT2D eigenvalue weighted by Crippen LogP contribution is 2.47. The molecule has 0 atom stereocenters. The van der Waals surface area contributed by atoms with Gasteiger partial charge in [-0.15, -0.1) is 0 Å². The predicted molar refractivity (Wildman–Crippen MR) is 185 cm³/mol. The topological polar surface area (TPSA) is 153 Å². The molecule has 0 saturated carbocycles. The van der Waals surface area contributed by atoms with Gasteiger partial charge in [-0.1, -0.05) is 54.6 Å². The van der Waals surface area contributed by atoms with Crippen LogP contribution in [0.4, 0.5) is 11.4 Å². The van der Waals surface area contributed by atoms with E-state index in [-0.39, 0.29) is 42.3 Å². The average molecular weight is 681 g/mol. The molecule has 0 aliphatic rings. The van der Waals surface area contributed by atoms with Gasteiger partial charge in [-0.2, -0.15) is 0 Å². The molecular weight excluding hydrogens is 644 g/mol. The highest BCUT2D eigenvalue weighted by atomic mass is 16.6. The van der Waals surface area contributed by atoms with Gasteiger partial charge in [-0.05, 0) is 65.2 Å². The Morgan fingerprint density at radius 1 is 0.640 bits per heavy atom. The van der Waals surface area contributed by atoms with Crippen molar-refractivity contribution in [2.75, 3.05) is 27.4 Å². The molecule has 0 amide bonds. The number of methoxy groups -OCH3 is 2. The summed E-state index contributed by atoms with van der Waals surface area (Å²) in [6.07, 6.45) is 0.421. The number of aliphatic hydroxyl groups is 1. The van der Waals surface area contributed by atoms with Crippen LogP contribution in [0.25, 0.3) is 0 Å². The molecule has 258 valence electrons. The maximum atomic E-state index is 12.7. The monoisotopic (exact) mass is 680 g/mol. The Morgan fingerprint density at radius 2 is 1.14 bits per heavy atom. The van der Waals surface area contributed by atoms with Crippen LogP contribution in [0.2, 0.25) is 0 Å². The Morgan fingerprint density at radius 3 is 1.64 bits per heavy atom. The van der Waals surface area contributed by atoms with Crippen molar-refractivity contribution in [3.63, 3.8) is 0 Å². The highest BCUT2D eigenvalue weighted by molar-refractivity contribution is 5.59. The molecular formula is C38H36N2O10. The summed E-state index contributed by atoms with van der Waals surface area (Å²) >= 11 is 0. The lowest BCUT2D eigenvalue weighted by molar-refractivity contribution is -0.386. The van der Waals surface area contributed by atoms with E-state index in [1.54, 1.807) is 44.6 Å². The maximum absolute atomic E-state index is 12.7. The largest absolute Gasteiger partial charge is 0.497 e. The average Bonchev–Trinajstić information content (AvgIpc) is 3.15. The van der Waals surface area contributed by atoms with Crippen LogP contribution in [0, 0.1) is 20.2 Å². The van der Waals surface area contributed by atoms with Gasteiger partial charge < -0.3 is 28.8 Å². The first-order chi connectivity index (χ1) is 24.3. The van der Waals surface area contributed by atoms with Gasteiger partial charge in [0.1, 0.15) is 23.0 Å². The number of benzene rings is 5. The lowest BCUT2D eigenvalue weighted by Gasteiger charge is -2.36. The lowest BCUT2D eigenvalue weighted by Crippen LogP contribution is -2.33. The summed E-state index contributed by atoms with van der Waals surface area (Å²) in [5.74, 6) is 1.96. The van der Waals surface area contributed by atoms with Crippen LogP contribution in [-0.2, 0) is 23.6 Å². The first-order valence-electron chi connectivity index (χ1n) is 15.7. The van der Waals surface area contributed by atoms with Crippen molar-refractivity contribution >= 4 is 11.4 Å². The van der Waals surface area contributed by atoms with Crippen molar-refractivity contribution in [1.29, 1.82) is 0 Å². The maximum Gasteiger partial charge on any atom is 0.276 e. The lowest BCUT2D eigenvalue weighted by atomic mass is 9.79. The molecule has 5 aromatic rings. The molecule has 1 N–H and O–H groups in total. The Balaban J connectivity index is 1.50. The van der Waals surface area contributed by atoms with Gasteiger partial charge in [0.2, 0.25) is 0 Å². The van der Waals surface area contributed by atoms with E-state index in [0.29, 0.717) is 40.5 Å². The van der Waals surface area contributed by atoms with Crippen LogP contribution >= 0.6 is 0 Å². The van der Waals surface area contributed by atoms with Crippen LogP contribution in [0.3, 0.4) is 0 Å². The summed E-state index contributed by atoms with van der Waals surface area (Å²) in [6.45, 7) is 0.0339. The molecule has 0 aromatic heterocycles. The number of nitrogens with zero attached hydrogens (tertiary/aromatic N) is 2. The van der Waals surface area contributed by atoms with E-state index < -0.39 is 22.1 Å². The molecule has 0 saturated heterocycles. The number of hydrogen-bond donors (Lipinski definition) is 1. The van der Waals surface area contributed by atoms with E-state index in [9.17, 15) is 25.3 Å². The van der Waals surface area contributed by atoms with Crippen LogP contribution < -0.4 is 18.9 Å². The summed E-state index contributed by atoms with van der Waals surface area (Å²) in [5.41, 5.74) is 0.673. The van der Waals surface area contributed by atoms with Crippen LogP contribution in [0.5, 0.6) is 23.0 Å². The standard InChI is InChI=1S/C38H36N2O10/c1-46-31-13-9-29(10-14-31)38(30-11-15-32(47-2)16-12-30,50-26-27-7-4-3-5-8-27)35-24-34(18-20-37(35)40(44)45)49-22-6-21-48-33-17-19-36(39(42)43)28(23-33)25-41/h3-5,7-20,23-24,41H,6,21-22,25-26H2,1-2H3. The number of nitro benzene ring substituents is 2. The molecule has 0 fully saturated rings. The first kappa shape index (κ1) is 35.3. The van der Waals surface area contributed by atoms with Gasteiger partial charge in [0.05, 0.1) is 61.6 Å². The van der Waals surface area contributed by atoms with Crippen molar-refractivity contribution in [3.05, 3.63) is 163 Å². The van der Waals surface area contributed by atoms with Crippen molar-refractivity contribution in [2.24, 2.45) is 0 Å². The second kappa shape index (κ2) is 16.4. The zero-order valence-electron chi connectivity index (χ0n) is 27.5. The second-order valence-corrected chi connectivity index (χ2v) is 11.1. The molecule has 0 aliphatic heterocycles. The number of aliphatic hydroxyl groups excluding tert-OH is 1. The Bertz CT molecular complexity index is 1850. The fourth-order valence-electron chi connectivity index (χ4n) is 5.58. The Kier molecular flexibility index (Phi) is 11.6. The summed E-state index contributed by atoms with van der Waals surface area (Å²) in [5, 5.41) is 33.3. The number of hydrogen-bond acceptors (Lipinski definition) is 10. The molecule has 0 aliphatic carbocycles. The van der Waals surface area contributed by atoms with Gasteiger partial charge in [-0.25, -0.2) is 0 Å². The van der Waals surface area contributed by atoms with Gasteiger partial charge in [0.15, 0.2) is 5.60 Å². The minimum atomic E-state index is -1.49. The second-order valence-electron chi connectivity index (χ2n) is 11.1. The van der Waals surface area contributed by atoms with Crippen LogP contribution in [0.1, 0.15) is 34.2 Å². The summed E-state index contributed by atoms with van der Waals surface area (Å²) < 4.78 is 29.5. The molecule has 0 radical (unpaired) electrons. The summed E-state index contributed by atoms with van der Waals surface area (Å²) in [6, 6.07) is 32.7. The third-order valence-corrected chi connectivity index (χ3v) is 8.08. The first-order valence-corrected chi connectivity index (χ1v) is 15.7. The molecule has 5 aromatic carbocycles. The molecule has 0 bridgehead atoms. The van der Waals surface area contributed by atoms with Crippen molar-refractivity contribution < 1.29 is 38.6 Å². The smallest absolute Gasteiger partial charge is 0.276 e. The predicted octanol–water partition coefficient (Wildman–Crippen LogP) is 7.37. The fraction of sp³-hybridized carbons (Fsp3) is 0.211. The van der Waals surface area contributed by atoms with E-state index in [1.807, 2.05) is 54.6 Å². The van der Waals surface area contributed by atoms with Gasteiger partial charge in [0.25, 0.3) is 11.4 Å². The number of nitro groups is 2. The van der Waals surface area contributed by atoms with E-state index in [4.69, 9.17) is 23.7 Å². The molecule has 50 heavy (non-hydrogen) atoms. The number of ether oxygens (including phenoxy) is 5. The van der Waals surface area contributed by atoms with Crippen molar-refractivity contribution in [2.45, 2.75) is 25.2 Å². The Hall–Kier alpha value is -5.98. The zero-order valence-corrected chi connectivity index (χ0v) is 27.5. The van der Waals surface area contributed by atoms with E-state index in [1.165, 1.54) is 30.3 Å². The van der Waals surface area contributed by atoms with Crippen LogP contribution in [-0.4, -0.2) is 42.4 Å². The highest BCUT2D eigenvalue weighted by Gasteiger charge is 2.43. The molecule has 0 unspecified atom stereocenters.